The van der Waals surface area contributed by atoms with E-state index in [1.165, 1.54) is 32.1 Å². The highest BCUT2D eigenvalue weighted by molar-refractivity contribution is 9.10. The Morgan fingerprint density at radius 1 is 1.25 bits per heavy atom. The van der Waals surface area contributed by atoms with Crippen LogP contribution in [0.15, 0.2) is 33.8 Å². The number of nitrogens with one attached hydrogen (secondary N) is 1. The molecule has 1 aromatic rings. The lowest BCUT2D eigenvalue weighted by atomic mass is 9.86. The normalized spacial score (nSPS) is 16.4. The SMILES string of the molecule is O=C(CCC1CCCCC1)N/N=C/c1ccc(Br)cc1. The number of benzene rings is 1. The van der Waals surface area contributed by atoms with Crippen LogP contribution in [0.3, 0.4) is 0 Å². The van der Waals surface area contributed by atoms with Gasteiger partial charge in [0.05, 0.1) is 6.21 Å². The highest BCUT2D eigenvalue weighted by Crippen LogP contribution is 2.27. The van der Waals surface area contributed by atoms with Crippen LogP contribution in [0, 0.1) is 5.92 Å². The molecule has 0 unspecified atom stereocenters. The Balaban J connectivity index is 1.67. The number of nitrogens with zero attached hydrogens (tertiary/aromatic N) is 1. The molecule has 0 atom stereocenters. The molecule has 1 aliphatic rings. The molecule has 0 bridgehead atoms. The minimum atomic E-state index is 0.0175. The van der Waals surface area contributed by atoms with Crippen molar-refractivity contribution in [1.29, 1.82) is 0 Å². The van der Waals surface area contributed by atoms with E-state index in [1.54, 1.807) is 6.21 Å². The van der Waals surface area contributed by atoms with Gasteiger partial charge in [0.1, 0.15) is 0 Å². The number of carbonyl (C=O) groups is 1. The predicted octanol–water partition coefficient (Wildman–Crippen LogP) is 4.26. The molecular weight excluding hydrogens is 316 g/mol. The van der Waals surface area contributed by atoms with Crippen molar-refractivity contribution < 1.29 is 4.79 Å². The number of hydrogen-bond donors (Lipinski definition) is 1. The van der Waals surface area contributed by atoms with Gasteiger partial charge in [0, 0.05) is 10.9 Å². The highest BCUT2D eigenvalue weighted by atomic mass is 79.9. The standard InChI is InChI=1S/C16H21BrN2O/c17-15-9-6-14(7-10-15)12-18-19-16(20)11-8-13-4-2-1-3-5-13/h6-7,9-10,12-13H,1-5,8,11H2,(H,19,20)/b18-12+. The van der Waals surface area contributed by atoms with Crippen LogP contribution in [0.5, 0.6) is 0 Å². The molecule has 0 heterocycles. The molecule has 0 aliphatic heterocycles. The van der Waals surface area contributed by atoms with Crippen molar-refractivity contribution in [2.45, 2.75) is 44.9 Å². The van der Waals surface area contributed by atoms with Crippen molar-refractivity contribution in [3.8, 4) is 0 Å². The largest absolute Gasteiger partial charge is 0.273 e. The fourth-order valence-electron chi connectivity index (χ4n) is 2.59. The predicted molar refractivity (Wildman–Crippen MR) is 85.7 cm³/mol. The first-order valence-corrected chi connectivity index (χ1v) is 8.11. The van der Waals surface area contributed by atoms with E-state index in [1.807, 2.05) is 24.3 Å². The molecule has 0 saturated heterocycles. The van der Waals surface area contributed by atoms with Gasteiger partial charge in [-0.1, -0.05) is 60.2 Å². The lowest BCUT2D eigenvalue weighted by molar-refractivity contribution is -0.121. The van der Waals surface area contributed by atoms with Crippen molar-refractivity contribution in [2.24, 2.45) is 11.0 Å². The Bertz CT molecular complexity index is 450. The van der Waals surface area contributed by atoms with E-state index >= 15 is 0 Å². The van der Waals surface area contributed by atoms with Crippen molar-refractivity contribution in [1.82, 2.24) is 5.43 Å². The molecule has 1 amide bonds. The molecule has 1 aromatic carbocycles. The van der Waals surface area contributed by atoms with E-state index in [2.05, 4.69) is 26.5 Å². The summed E-state index contributed by atoms with van der Waals surface area (Å²) in [6.07, 6.45) is 9.85. The third kappa shape index (κ3) is 5.45. The summed E-state index contributed by atoms with van der Waals surface area (Å²) in [5.74, 6) is 0.758. The van der Waals surface area contributed by atoms with Crippen molar-refractivity contribution in [2.75, 3.05) is 0 Å². The fourth-order valence-corrected chi connectivity index (χ4v) is 2.86. The van der Waals surface area contributed by atoms with Gasteiger partial charge in [0.2, 0.25) is 5.91 Å². The number of hydrogen-bond acceptors (Lipinski definition) is 2. The average Bonchev–Trinajstić information content (AvgIpc) is 2.48. The molecular formula is C16H21BrN2O. The summed E-state index contributed by atoms with van der Waals surface area (Å²) in [5.41, 5.74) is 3.58. The maximum Gasteiger partial charge on any atom is 0.240 e. The monoisotopic (exact) mass is 336 g/mol. The van der Waals surface area contributed by atoms with E-state index in [0.29, 0.717) is 6.42 Å². The minimum Gasteiger partial charge on any atom is -0.273 e. The van der Waals surface area contributed by atoms with Crippen molar-refractivity contribution in [3.63, 3.8) is 0 Å². The molecule has 1 fully saturated rings. The number of halogens is 1. The van der Waals surface area contributed by atoms with Gasteiger partial charge in [0.15, 0.2) is 0 Å². The van der Waals surface area contributed by atoms with E-state index in [-0.39, 0.29) is 5.91 Å². The van der Waals surface area contributed by atoms with Crippen molar-refractivity contribution in [3.05, 3.63) is 34.3 Å². The lowest BCUT2D eigenvalue weighted by Gasteiger charge is -2.20. The first-order valence-electron chi connectivity index (χ1n) is 7.31. The van der Waals surface area contributed by atoms with Gasteiger partial charge >= 0.3 is 0 Å². The van der Waals surface area contributed by atoms with Gasteiger partial charge in [-0.25, -0.2) is 5.43 Å². The topological polar surface area (TPSA) is 41.5 Å². The Labute approximate surface area is 129 Å². The van der Waals surface area contributed by atoms with Gasteiger partial charge in [-0.15, -0.1) is 0 Å². The van der Waals surface area contributed by atoms with E-state index in [9.17, 15) is 4.79 Å². The molecule has 3 nitrogen and oxygen atoms in total. The Morgan fingerprint density at radius 2 is 1.95 bits per heavy atom. The number of carbonyl (C=O) groups excluding carboxylic acids is 1. The maximum absolute atomic E-state index is 11.7. The van der Waals surface area contributed by atoms with E-state index in [0.717, 1.165) is 22.4 Å². The Hall–Kier alpha value is -1.16. The summed E-state index contributed by atoms with van der Waals surface area (Å²) in [7, 11) is 0. The first-order chi connectivity index (χ1) is 9.74. The number of rotatable bonds is 5. The van der Waals surface area contributed by atoms with Gasteiger partial charge < -0.3 is 0 Å². The Morgan fingerprint density at radius 3 is 2.65 bits per heavy atom. The second-order valence-electron chi connectivity index (χ2n) is 5.39. The van der Waals surface area contributed by atoms with Gasteiger partial charge in [0.25, 0.3) is 0 Å². The summed E-state index contributed by atoms with van der Waals surface area (Å²) < 4.78 is 1.03. The summed E-state index contributed by atoms with van der Waals surface area (Å²) >= 11 is 3.38. The third-order valence-corrected chi connectivity index (χ3v) is 4.31. The summed E-state index contributed by atoms with van der Waals surface area (Å²) in [6, 6.07) is 7.79. The lowest BCUT2D eigenvalue weighted by Crippen LogP contribution is -2.19. The highest BCUT2D eigenvalue weighted by Gasteiger charge is 2.14. The van der Waals surface area contributed by atoms with Crippen LogP contribution in [-0.2, 0) is 4.79 Å². The molecule has 20 heavy (non-hydrogen) atoms. The summed E-state index contributed by atoms with van der Waals surface area (Å²) in [6.45, 7) is 0. The van der Waals surface area contributed by atoms with E-state index in [4.69, 9.17) is 0 Å². The second kappa shape index (κ2) is 8.20. The molecule has 0 radical (unpaired) electrons. The summed E-state index contributed by atoms with van der Waals surface area (Å²) in [4.78, 5) is 11.7. The van der Waals surface area contributed by atoms with Crippen LogP contribution < -0.4 is 5.43 Å². The van der Waals surface area contributed by atoms with Crippen molar-refractivity contribution >= 4 is 28.1 Å². The van der Waals surface area contributed by atoms with E-state index < -0.39 is 0 Å². The average molecular weight is 337 g/mol. The molecule has 0 spiro atoms. The van der Waals surface area contributed by atoms with Gasteiger partial charge in [-0.05, 0) is 30.0 Å². The van der Waals surface area contributed by atoms with Gasteiger partial charge in [-0.2, -0.15) is 5.10 Å². The first kappa shape index (κ1) is 15.2. The zero-order valence-electron chi connectivity index (χ0n) is 11.6. The van der Waals surface area contributed by atoms with Crippen LogP contribution >= 0.6 is 15.9 Å². The smallest absolute Gasteiger partial charge is 0.240 e. The Kier molecular flexibility index (Phi) is 6.25. The van der Waals surface area contributed by atoms with Crippen LogP contribution in [0.25, 0.3) is 0 Å². The molecule has 4 heteroatoms. The molecule has 2 rings (SSSR count). The second-order valence-corrected chi connectivity index (χ2v) is 6.30. The van der Waals surface area contributed by atoms with Crippen LogP contribution in [0.1, 0.15) is 50.5 Å². The molecule has 108 valence electrons. The minimum absolute atomic E-state index is 0.0175. The fraction of sp³-hybridized carbons (Fsp3) is 0.500. The van der Waals surface area contributed by atoms with Gasteiger partial charge in [-0.3, -0.25) is 4.79 Å². The number of hydrazone groups is 1. The molecule has 1 saturated carbocycles. The summed E-state index contributed by atoms with van der Waals surface area (Å²) in [5, 5.41) is 4.00. The molecule has 1 N–H and O–H groups in total. The molecule has 0 aromatic heterocycles. The quantitative estimate of drug-likeness (QED) is 0.633. The molecule has 1 aliphatic carbocycles. The zero-order chi connectivity index (χ0) is 14.2. The van der Waals surface area contributed by atoms with Crippen LogP contribution in [-0.4, -0.2) is 12.1 Å². The van der Waals surface area contributed by atoms with Crippen LogP contribution in [0.4, 0.5) is 0 Å². The van der Waals surface area contributed by atoms with Crippen LogP contribution in [0.2, 0.25) is 0 Å². The third-order valence-electron chi connectivity index (χ3n) is 3.78. The number of amides is 1. The maximum atomic E-state index is 11.7. The zero-order valence-corrected chi connectivity index (χ0v) is 13.2.